The molecule has 0 radical (unpaired) electrons. The van der Waals surface area contributed by atoms with Crippen LogP contribution in [-0.2, 0) is 0 Å². The Morgan fingerprint density at radius 3 is 2.73 bits per heavy atom. The summed E-state index contributed by atoms with van der Waals surface area (Å²) in [7, 11) is 0. The molecule has 0 unspecified atom stereocenters. The van der Waals surface area contributed by atoms with E-state index in [4.69, 9.17) is 0 Å². The maximum absolute atomic E-state index is 4.27. The highest BCUT2D eigenvalue weighted by Gasteiger charge is 2.07. The number of anilines is 1. The largest absolute Gasteiger partial charge is 0.328 e. The molecule has 15 heavy (non-hydrogen) atoms. The van der Waals surface area contributed by atoms with E-state index < -0.39 is 0 Å². The van der Waals surface area contributed by atoms with Gasteiger partial charge in [-0.25, -0.2) is 0 Å². The second-order valence-corrected chi connectivity index (χ2v) is 4.91. The zero-order valence-corrected chi connectivity index (χ0v) is 10.8. The normalized spacial score (nSPS) is 10.7. The molecule has 0 fully saturated rings. The van der Waals surface area contributed by atoms with Crippen LogP contribution in [0.25, 0.3) is 0 Å². The molecule has 0 atom stereocenters. The van der Waals surface area contributed by atoms with Crippen LogP contribution in [-0.4, -0.2) is 10.7 Å². The first-order valence-electron chi connectivity index (χ1n) is 5.49. The van der Waals surface area contributed by atoms with Crippen LogP contribution in [0.5, 0.6) is 0 Å². The summed E-state index contributed by atoms with van der Waals surface area (Å²) in [6.45, 7) is 8.75. The molecule has 3 heteroatoms. The minimum atomic E-state index is 0.537. The molecule has 0 aliphatic rings. The fourth-order valence-electron chi connectivity index (χ4n) is 1.46. The predicted molar refractivity (Wildman–Crippen MR) is 69.4 cm³/mol. The Hall–Kier alpha value is -0.700. The molecule has 2 nitrogen and oxygen atoms in total. The quantitative estimate of drug-likeness (QED) is 0.605. The van der Waals surface area contributed by atoms with Crippen LogP contribution in [0.15, 0.2) is 12.4 Å². The lowest BCUT2D eigenvalue weighted by molar-refractivity contribution is 0.848. The van der Waals surface area contributed by atoms with Crippen molar-refractivity contribution in [2.45, 2.75) is 40.0 Å². The lowest BCUT2D eigenvalue weighted by Crippen LogP contribution is -1.99. The van der Waals surface area contributed by atoms with E-state index in [1.165, 1.54) is 17.5 Å². The number of pyridine rings is 1. The van der Waals surface area contributed by atoms with Gasteiger partial charge in [-0.1, -0.05) is 32.7 Å². The Kier molecular flexibility index (Phi) is 4.95. The van der Waals surface area contributed by atoms with Gasteiger partial charge >= 0.3 is 0 Å². The zero-order valence-electron chi connectivity index (χ0n) is 10.0. The highest BCUT2D eigenvalue weighted by molar-refractivity contribution is 8.00. The van der Waals surface area contributed by atoms with Crippen molar-refractivity contribution in [2.75, 3.05) is 10.5 Å². The monoisotopic (exact) mass is 224 g/mol. The summed E-state index contributed by atoms with van der Waals surface area (Å²) in [6.07, 6.45) is 5.06. The number of nitrogens with one attached hydrogen (secondary N) is 1. The fraction of sp³-hybridized carbons (Fsp3) is 0.583. The first kappa shape index (κ1) is 12.4. The average molecular weight is 224 g/mol. The molecule has 1 heterocycles. The SMILES string of the molecule is CCCSNc1cncc(C(C)C)c1C. The van der Waals surface area contributed by atoms with E-state index in [0.717, 1.165) is 11.4 Å². The van der Waals surface area contributed by atoms with E-state index in [9.17, 15) is 0 Å². The van der Waals surface area contributed by atoms with E-state index in [-0.39, 0.29) is 0 Å². The lowest BCUT2D eigenvalue weighted by atomic mass is 10.00. The van der Waals surface area contributed by atoms with Gasteiger partial charge in [0.2, 0.25) is 0 Å². The molecule has 0 saturated heterocycles. The summed E-state index contributed by atoms with van der Waals surface area (Å²) in [4.78, 5) is 4.27. The average Bonchev–Trinajstić information content (AvgIpc) is 2.20. The number of aromatic nitrogens is 1. The number of hydrogen-bond donors (Lipinski definition) is 1. The van der Waals surface area contributed by atoms with E-state index in [2.05, 4.69) is 37.4 Å². The Morgan fingerprint density at radius 1 is 1.40 bits per heavy atom. The number of hydrogen-bond acceptors (Lipinski definition) is 3. The van der Waals surface area contributed by atoms with Crippen LogP contribution >= 0.6 is 11.9 Å². The molecular formula is C12H20N2S. The van der Waals surface area contributed by atoms with Crippen molar-refractivity contribution < 1.29 is 0 Å². The van der Waals surface area contributed by atoms with Crippen molar-refractivity contribution >= 4 is 17.6 Å². The van der Waals surface area contributed by atoms with Crippen molar-refractivity contribution in [3.63, 3.8) is 0 Å². The molecule has 0 aliphatic heterocycles. The van der Waals surface area contributed by atoms with Crippen molar-refractivity contribution in [3.05, 3.63) is 23.5 Å². The van der Waals surface area contributed by atoms with Gasteiger partial charge in [0.15, 0.2) is 0 Å². The van der Waals surface area contributed by atoms with Crippen molar-refractivity contribution in [1.82, 2.24) is 4.98 Å². The van der Waals surface area contributed by atoms with E-state index in [1.54, 1.807) is 11.9 Å². The van der Waals surface area contributed by atoms with Gasteiger partial charge in [-0.05, 0) is 30.4 Å². The van der Waals surface area contributed by atoms with Crippen molar-refractivity contribution in [3.8, 4) is 0 Å². The molecule has 0 bridgehead atoms. The molecule has 1 N–H and O–H groups in total. The van der Waals surface area contributed by atoms with E-state index >= 15 is 0 Å². The standard InChI is InChI=1S/C12H20N2S/c1-5-6-15-14-12-8-13-7-11(9(2)3)10(12)4/h7-9,14H,5-6H2,1-4H3. The Morgan fingerprint density at radius 2 is 2.13 bits per heavy atom. The second kappa shape index (κ2) is 6.01. The zero-order chi connectivity index (χ0) is 11.3. The summed E-state index contributed by atoms with van der Waals surface area (Å²) in [6, 6.07) is 0. The fourth-order valence-corrected chi connectivity index (χ4v) is 2.12. The smallest absolute Gasteiger partial charge is 0.0658 e. The highest BCUT2D eigenvalue weighted by Crippen LogP contribution is 2.25. The molecule has 84 valence electrons. The predicted octanol–water partition coefficient (Wildman–Crippen LogP) is 3.98. The maximum atomic E-state index is 4.27. The highest BCUT2D eigenvalue weighted by atomic mass is 32.2. The Balaban J connectivity index is 2.75. The van der Waals surface area contributed by atoms with E-state index in [1.807, 2.05) is 12.4 Å². The van der Waals surface area contributed by atoms with E-state index in [0.29, 0.717) is 5.92 Å². The topological polar surface area (TPSA) is 24.9 Å². The molecule has 1 rings (SSSR count). The molecular weight excluding hydrogens is 204 g/mol. The van der Waals surface area contributed by atoms with Gasteiger partial charge in [-0.3, -0.25) is 4.98 Å². The summed E-state index contributed by atoms with van der Waals surface area (Å²) < 4.78 is 3.36. The molecule has 1 aromatic rings. The molecule has 1 aromatic heterocycles. The first-order chi connectivity index (χ1) is 7.16. The molecule has 0 spiro atoms. The van der Waals surface area contributed by atoms with Gasteiger partial charge in [0.05, 0.1) is 11.9 Å². The van der Waals surface area contributed by atoms with Gasteiger partial charge in [0.1, 0.15) is 0 Å². The van der Waals surface area contributed by atoms with Crippen LogP contribution in [0.4, 0.5) is 5.69 Å². The third kappa shape index (κ3) is 3.42. The molecule has 0 aliphatic carbocycles. The summed E-state index contributed by atoms with van der Waals surface area (Å²) in [5.74, 6) is 1.67. The minimum Gasteiger partial charge on any atom is -0.328 e. The van der Waals surface area contributed by atoms with Gasteiger partial charge in [0, 0.05) is 11.9 Å². The Bertz CT molecular complexity index is 310. The lowest BCUT2D eigenvalue weighted by Gasteiger charge is -2.13. The van der Waals surface area contributed by atoms with Gasteiger partial charge < -0.3 is 4.72 Å². The van der Waals surface area contributed by atoms with Crippen molar-refractivity contribution in [2.24, 2.45) is 0 Å². The van der Waals surface area contributed by atoms with Crippen LogP contribution in [0.3, 0.4) is 0 Å². The molecule has 0 saturated carbocycles. The van der Waals surface area contributed by atoms with Crippen LogP contribution in [0, 0.1) is 6.92 Å². The Labute approximate surface area is 97.0 Å². The van der Waals surface area contributed by atoms with Gasteiger partial charge in [-0.2, -0.15) is 0 Å². The minimum absolute atomic E-state index is 0.537. The van der Waals surface area contributed by atoms with Gasteiger partial charge in [-0.15, -0.1) is 0 Å². The van der Waals surface area contributed by atoms with Crippen LogP contribution in [0.2, 0.25) is 0 Å². The second-order valence-electron chi connectivity index (χ2n) is 4.01. The maximum Gasteiger partial charge on any atom is 0.0658 e. The van der Waals surface area contributed by atoms with Gasteiger partial charge in [0.25, 0.3) is 0 Å². The van der Waals surface area contributed by atoms with Crippen molar-refractivity contribution in [1.29, 1.82) is 0 Å². The molecule has 0 aromatic carbocycles. The van der Waals surface area contributed by atoms with Crippen LogP contribution < -0.4 is 4.72 Å². The van der Waals surface area contributed by atoms with Crippen LogP contribution in [0.1, 0.15) is 44.2 Å². The third-order valence-electron chi connectivity index (χ3n) is 2.36. The number of rotatable bonds is 5. The molecule has 0 amide bonds. The summed E-state index contributed by atoms with van der Waals surface area (Å²) >= 11 is 1.75. The third-order valence-corrected chi connectivity index (χ3v) is 3.34. The first-order valence-corrected chi connectivity index (χ1v) is 6.47. The summed E-state index contributed by atoms with van der Waals surface area (Å²) in [5.41, 5.74) is 3.81. The summed E-state index contributed by atoms with van der Waals surface area (Å²) in [5, 5.41) is 0. The number of nitrogens with zero attached hydrogens (tertiary/aromatic N) is 1.